The standard InChI is InChI=1S/C21H23ClN2O4/c1-14-7-3-4-8-15(14)21(27)23-12-11-19(25)24-18(13-20(26)28-2)16-9-5-6-10-17(16)22/h3-10,18H,11-13H2,1-2H3,(H,23,27)(H,24,25). The molecule has 0 aliphatic rings. The number of benzene rings is 2. The zero-order valence-corrected chi connectivity index (χ0v) is 16.6. The topological polar surface area (TPSA) is 84.5 Å². The van der Waals surface area contributed by atoms with E-state index in [0.717, 1.165) is 5.56 Å². The average molecular weight is 403 g/mol. The van der Waals surface area contributed by atoms with Gasteiger partial charge in [-0.25, -0.2) is 0 Å². The predicted molar refractivity (Wildman–Crippen MR) is 107 cm³/mol. The van der Waals surface area contributed by atoms with Crippen molar-refractivity contribution in [1.29, 1.82) is 0 Å². The van der Waals surface area contributed by atoms with Gasteiger partial charge in [0.05, 0.1) is 19.6 Å². The first-order valence-electron chi connectivity index (χ1n) is 8.86. The molecule has 2 rings (SSSR count). The molecule has 2 amide bonds. The lowest BCUT2D eigenvalue weighted by molar-refractivity contribution is -0.141. The number of aryl methyl sites for hydroxylation is 1. The summed E-state index contributed by atoms with van der Waals surface area (Å²) in [6.07, 6.45) is 0.0291. The van der Waals surface area contributed by atoms with Gasteiger partial charge in [0.25, 0.3) is 5.91 Å². The Hall–Kier alpha value is -2.86. The molecule has 1 atom stereocenters. The third-order valence-corrected chi connectivity index (χ3v) is 4.59. The number of rotatable bonds is 8. The first kappa shape index (κ1) is 21.4. The average Bonchev–Trinajstić information content (AvgIpc) is 2.68. The third-order valence-electron chi connectivity index (χ3n) is 4.24. The molecule has 0 radical (unpaired) electrons. The quantitative estimate of drug-likeness (QED) is 0.664. The van der Waals surface area contributed by atoms with E-state index in [1.807, 2.05) is 19.1 Å². The minimum Gasteiger partial charge on any atom is -0.469 e. The minimum absolute atomic E-state index is 0.0401. The van der Waals surface area contributed by atoms with E-state index in [1.165, 1.54) is 7.11 Å². The first-order valence-corrected chi connectivity index (χ1v) is 9.24. The number of methoxy groups -OCH3 is 1. The second-order valence-electron chi connectivity index (χ2n) is 6.24. The number of amides is 2. The fourth-order valence-corrected chi connectivity index (χ4v) is 2.99. The van der Waals surface area contributed by atoms with Crippen LogP contribution in [0.1, 0.15) is 40.4 Å². The van der Waals surface area contributed by atoms with E-state index in [0.29, 0.717) is 16.1 Å². The van der Waals surface area contributed by atoms with Gasteiger partial charge in [-0.15, -0.1) is 0 Å². The Bertz CT molecular complexity index is 854. The fourth-order valence-electron chi connectivity index (χ4n) is 2.73. The number of carbonyl (C=O) groups excluding carboxylic acids is 3. The van der Waals surface area contributed by atoms with Crippen molar-refractivity contribution in [3.05, 3.63) is 70.2 Å². The summed E-state index contributed by atoms with van der Waals surface area (Å²) < 4.78 is 4.71. The van der Waals surface area contributed by atoms with Gasteiger partial charge in [-0.2, -0.15) is 0 Å². The van der Waals surface area contributed by atoms with Crippen molar-refractivity contribution in [3.8, 4) is 0 Å². The summed E-state index contributed by atoms with van der Waals surface area (Å²) in [5.41, 5.74) is 2.07. The van der Waals surface area contributed by atoms with E-state index < -0.39 is 12.0 Å². The van der Waals surface area contributed by atoms with Crippen molar-refractivity contribution >= 4 is 29.4 Å². The molecule has 0 aliphatic heterocycles. The number of esters is 1. The van der Waals surface area contributed by atoms with Crippen LogP contribution >= 0.6 is 11.6 Å². The molecule has 0 aromatic heterocycles. The lowest BCUT2D eigenvalue weighted by Gasteiger charge is -2.19. The summed E-state index contributed by atoms with van der Waals surface area (Å²) in [5.74, 6) is -1.000. The Morgan fingerprint density at radius 2 is 1.75 bits per heavy atom. The summed E-state index contributed by atoms with van der Waals surface area (Å²) in [5, 5.41) is 5.97. The number of nitrogens with one attached hydrogen (secondary N) is 2. The molecular weight excluding hydrogens is 380 g/mol. The van der Waals surface area contributed by atoms with Crippen LogP contribution in [0.15, 0.2) is 48.5 Å². The van der Waals surface area contributed by atoms with Crippen LogP contribution in [0.3, 0.4) is 0 Å². The van der Waals surface area contributed by atoms with Gasteiger partial charge < -0.3 is 15.4 Å². The zero-order valence-electron chi connectivity index (χ0n) is 15.8. The Labute approximate surface area is 169 Å². The molecule has 0 spiro atoms. The second-order valence-corrected chi connectivity index (χ2v) is 6.65. The van der Waals surface area contributed by atoms with Gasteiger partial charge in [-0.3, -0.25) is 14.4 Å². The highest BCUT2D eigenvalue weighted by molar-refractivity contribution is 6.31. The van der Waals surface area contributed by atoms with Crippen molar-refractivity contribution in [2.24, 2.45) is 0 Å². The minimum atomic E-state index is -0.610. The van der Waals surface area contributed by atoms with Gasteiger partial charge in [0.15, 0.2) is 0 Å². The molecule has 28 heavy (non-hydrogen) atoms. The highest BCUT2D eigenvalue weighted by atomic mass is 35.5. The number of ether oxygens (including phenoxy) is 1. The molecule has 0 heterocycles. The van der Waals surface area contributed by atoms with Crippen LogP contribution in [0.2, 0.25) is 5.02 Å². The fraction of sp³-hybridized carbons (Fsp3) is 0.286. The maximum atomic E-state index is 12.3. The van der Waals surface area contributed by atoms with Gasteiger partial charge in [0, 0.05) is 23.6 Å². The number of hydrogen-bond donors (Lipinski definition) is 2. The lowest BCUT2D eigenvalue weighted by atomic mass is 10.0. The molecule has 0 fully saturated rings. The molecule has 7 heteroatoms. The summed E-state index contributed by atoms with van der Waals surface area (Å²) in [4.78, 5) is 36.2. The van der Waals surface area contributed by atoms with Gasteiger partial charge in [0.2, 0.25) is 5.91 Å². The number of halogens is 1. The molecule has 0 saturated heterocycles. The van der Waals surface area contributed by atoms with Crippen LogP contribution in [0.25, 0.3) is 0 Å². The van der Waals surface area contributed by atoms with Gasteiger partial charge >= 0.3 is 5.97 Å². The van der Waals surface area contributed by atoms with Gasteiger partial charge in [-0.05, 0) is 30.2 Å². The van der Waals surface area contributed by atoms with Crippen molar-refractivity contribution in [3.63, 3.8) is 0 Å². The molecule has 6 nitrogen and oxygen atoms in total. The normalized spacial score (nSPS) is 11.4. The highest BCUT2D eigenvalue weighted by Crippen LogP contribution is 2.25. The zero-order chi connectivity index (χ0) is 20.5. The SMILES string of the molecule is COC(=O)CC(NC(=O)CCNC(=O)c1ccccc1C)c1ccccc1Cl. The first-order chi connectivity index (χ1) is 13.4. The van der Waals surface area contributed by atoms with Crippen LogP contribution in [0, 0.1) is 6.92 Å². The molecule has 2 N–H and O–H groups in total. The van der Waals surface area contributed by atoms with Gasteiger partial charge in [0.1, 0.15) is 0 Å². The van der Waals surface area contributed by atoms with E-state index in [1.54, 1.807) is 36.4 Å². The second kappa shape index (κ2) is 10.5. The molecule has 2 aromatic carbocycles. The smallest absolute Gasteiger partial charge is 0.307 e. The number of carbonyl (C=O) groups is 3. The monoisotopic (exact) mass is 402 g/mol. The van der Waals surface area contributed by atoms with E-state index >= 15 is 0 Å². The van der Waals surface area contributed by atoms with E-state index in [9.17, 15) is 14.4 Å². The van der Waals surface area contributed by atoms with Crippen LogP contribution in [-0.2, 0) is 14.3 Å². The summed E-state index contributed by atoms with van der Waals surface area (Å²) >= 11 is 6.20. The summed E-state index contributed by atoms with van der Waals surface area (Å²) in [7, 11) is 1.29. The molecule has 1 unspecified atom stereocenters. The predicted octanol–water partition coefficient (Wildman–Crippen LogP) is 3.19. The summed E-state index contributed by atoms with van der Waals surface area (Å²) in [6.45, 7) is 2.02. The Kier molecular flexibility index (Phi) is 8.02. The third kappa shape index (κ3) is 6.09. The Balaban J connectivity index is 1.94. The van der Waals surface area contributed by atoms with E-state index in [4.69, 9.17) is 16.3 Å². The van der Waals surface area contributed by atoms with Crippen LogP contribution in [-0.4, -0.2) is 31.4 Å². The van der Waals surface area contributed by atoms with Gasteiger partial charge in [-0.1, -0.05) is 48.0 Å². The summed E-state index contributed by atoms with van der Waals surface area (Å²) in [6, 6.07) is 13.6. The number of hydrogen-bond acceptors (Lipinski definition) is 4. The molecular formula is C21H23ClN2O4. The van der Waals surface area contributed by atoms with E-state index in [-0.39, 0.29) is 31.2 Å². The lowest BCUT2D eigenvalue weighted by Crippen LogP contribution is -2.34. The van der Waals surface area contributed by atoms with Crippen LogP contribution in [0.4, 0.5) is 0 Å². The molecule has 0 bridgehead atoms. The molecule has 0 saturated carbocycles. The Morgan fingerprint density at radius 3 is 2.43 bits per heavy atom. The molecule has 2 aromatic rings. The van der Waals surface area contributed by atoms with Crippen LogP contribution < -0.4 is 10.6 Å². The molecule has 0 aliphatic carbocycles. The van der Waals surface area contributed by atoms with Crippen LogP contribution in [0.5, 0.6) is 0 Å². The van der Waals surface area contributed by atoms with Crippen molar-refractivity contribution < 1.29 is 19.1 Å². The Morgan fingerprint density at radius 1 is 1.07 bits per heavy atom. The van der Waals surface area contributed by atoms with Crippen molar-refractivity contribution in [1.82, 2.24) is 10.6 Å². The van der Waals surface area contributed by atoms with Crippen molar-refractivity contribution in [2.45, 2.75) is 25.8 Å². The molecule has 148 valence electrons. The maximum Gasteiger partial charge on any atom is 0.307 e. The largest absolute Gasteiger partial charge is 0.469 e. The van der Waals surface area contributed by atoms with Crippen molar-refractivity contribution in [2.75, 3.05) is 13.7 Å². The van der Waals surface area contributed by atoms with E-state index in [2.05, 4.69) is 10.6 Å². The highest BCUT2D eigenvalue weighted by Gasteiger charge is 2.21. The maximum absolute atomic E-state index is 12.3.